The minimum atomic E-state index is -2.50. The molecule has 0 aromatic heterocycles. The fourth-order valence-electron chi connectivity index (χ4n) is 2.80. The number of unbranched alkanes of at least 4 members (excludes halogenated alkanes) is 3. The Bertz CT molecular complexity index is 728. The van der Waals surface area contributed by atoms with Crippen molar-refractivity contribution in [3.63, 3.8) is 0 Å². The molecule has 5 heteroatoms. The molecule has 0 aliphatic carbocycles. The largest absolute Gasteiger partial charge is 0.462 e. The first kappa shape index (κ1) is 17.7. The van der Waals surface area contributed by atoms with Crippen LogP contribution in [-0.4, -0.2) is 22.5 Å². The molecule has 0 amide bonds. The van der Waals surface area contributed by atoms with Crippen LogP contribution >= 0.6 is 0 Å². The molecule has 0 N–H and O–H groups in total. The van der Waals surface area contributed by atoms with E-state index in [1.807, 2.05) is 24.3 Å². The lowest BCUT2D eigenvalue weighted by Crippen LogP contribution is -2.18. The van der Waals surface area contributed by atoms with Gasteiger partial charge in [-0.05, 0) is 26.3 Å². The summed E-state index contributed by atoms with van der Waals surface area (Å²) in [7, 11) is -2.50. The van der Waals surface area contributed by atoms with Gasteiger partial charge in [0.15, 0.2) is 0 Å². The Balaban J connectivity index is 2.44. The number of fused-ring (bicyclic) bond motifs is 1. The maximum atomic E-state index is 13.4. The van der Waals surface area contributed by atoms with E-state index in [0.29, 0.717) is 34.1 Å². The molecule has 2 rings (SSSR count). The van der Waals surface area contributed by atoms with Gasteiger partial charge in [0.2, 0.25) is 0 Å². The van der Waals surface area contributed by atoms with Gasteiger partial charge in [-0.1, -0.05) is 44.4 Å². The summed E-state index contributed by atoms with van der Waals surface area (Å²) in [6.07, 6.45) is 4.21. The zero-order valence-corrected chi connectivity index (χ0v) is 14.9. The van der Waals surface area contributed by atoms with Gasteiger partial charge in [0, 0.05) is 11.3 Å². The van der Waals surface area contributed by atoms with Crippen LogP contribution in [0.2, 0.25) is 0 Å². The predicted octanol–water partition coefficient (Wildman–Crippen LogP) is 4.40. The van der Waals surface area contributed by atoms with E-state index in [9.17, 15) is 9.00 Å². The average Bonchev–Trinajstić information content (AvgIpc) is 2.52. The van der Waals surface area contributed by atoms with Gasteiger partial charge in [-0.15, -0.1) is 0 Å². The number of hydrogen-bond acceptors (Lipinski definition) is 4. The summed E-state index contributed by atoms with van der Waals surface area (Å²) in [4.78, 5) is 12.9. The van der Waals surface area contributed by atoms with Gasteiger partial charge in [0.25, 0.3) is 0 Å². The Morgan fingerprint density at radius 1 is 1.17 bits per heavy atom. The second kappa shape index (κ2) is 7.77. The van der Waals surface area contributed by atoms with Crippen molar-refractivity contribution < 1.29 is 13.7 Å². The van der Waals surface area contributed by atoms with Crippen molar-refractivity contribution in [1.29, 1.82) is 0 Å². The van der Waals surface area contributed by atoms with Crippen LogP contribution in [0.4, 0.5) is 0 Å². The van der Waals surface area contributed by atoms with E-state index in [0.717, 1.165) is 25.7 Å². The van der Waals surface area contributed by atoms with Crippen LogP contribution in [0, 0.1) is 0 Å². The van der Waals surface area contributed by atoms with Gasteiger partial charge in [-0.3, -0.25) is 0 Å². The SMILES string of the molecule is CCCCCCS1(=O)=NC(C)=C(C(=O)OCC)c2ccccc21. The maximum absolute atomic E-state index is 13.4. The van der Waals surface area contributed by atoms with Crippen LogP contribution in [-0.2, 0) is 19.3 Å². The van der Waals surface area contributed by atoms with Gasteiger partial charge in [-0.2, -0.15) is 4.36 Å². The number of carbonyl (C=O) groups is 1. The van der Waals surface area contributed by atoms with Gasteiger partial charge >= 0.3 is 5.97 Å². The highest BCUT2D eigenvalue weighted by Gasteiger charge is 2.29. The topological polar surface area (TPSA) is 55.7 Å². The Kier molecular flexibility index (Phi) is 5.99. The smallest absolute Gasteiger partial charge is 0.340 e. The summed E-state index contributed by atoms with van der Waals surface area (Å²) < 4.78 is 23.0. The number of benzene rings is 1. The highest BCUT2D eigenvalue weighted by atomic mass is 32.2. The highest BCUT2D eigenvalue weighted by Crippen LogP contribution is 2.35. The van der Waals surface area contributed by atoms with Gasteiger partial charge < -0.3 is 4.74 Å². The molecule has 23 heavy (non-hydrogen) atoms. The highest BCUT2D eigenvalue weighted by molar-refractivity contribution is 7.93. The third kappa shape index (κ3) is 3.83. The minimum absolute atomic E-state index is 0.310. The van der Waals surface area contributed by atoms with E-state index in [1.54, 1.807) is 13.8 Å². The first-order chi connectivity index (χ1) is 11.0. The molecule has 0 saturated carbocycles. The molecule has 1 aliphatic heterocycles. The van der Waals surface area contributed by atoms with E-state index in [1.165, 1.54) is 0 Å². The molecular weight excluding hydrogens is 310 g/mol. The van der Waals surface area contributed by atoms with Crippen molar-refractivity contribution in [3.05, 3.63) is 35.5 Å². The van der Waals surface area contributed by atoms with Crippen molar-refractivity contribution in [3.8, 4) is 0 Å². The van der Waals surface area contributed by atoms with E-state index in [2.05, 4.69) is 11.3 Å². The van der Waals surface area contributed by atoms with Crippen LogP contribution in [0.5, 0.6) is 0 Å². The number of ether oxygens (including phenoxy) is 1. The molecule has 0 bridgehead atoms. The van der Waals surface area contributed by atoms with Crippen LogP contribution < -0.4 is 0 Å². The summed E-state index contributed by atoms with van der Waals surface area (Å²) in [6, 6.07) is 7.37. The standard InChI is InChI=1S/C18H25NO3S/c1-4-6-7-10-13-23(21)16-12-9-8-11-15(16)17(14(3)19-23)18(20)22-5-2/h8-9,11-12H,4-7,10,13H2,1-3H3. The minimum Gasteiger partial charge on any atom is -0.462 e. The van der Waals surface area contributed by atoms with Crippen LogP contribution in [0.25, 0.3) is 5.57 Å². The molecule has 1 unspecified atom stereocenters. The zero-order valence-electron chi connectivity index (χ0n) is 14.1. The van der Waals surface area contributed by atoms with E-state index in [4.69, 9.17) is 4.74 Å². The van der Waals surface area contributed by atoms with Gasteiger partial charge in [0.05, 0.1) is 32.5 Å². The Morgan fingerprint density at radius 3 is 2.61 bits per heavy atom. The number of allylic oxidation sites excluding steroid dienone is 1. The lowest BCUT2D eigenvalue weighted by molar-refractivity contribution is -0.136. The summed E-state index contributed by atoms with van der Waals surface area (Å²) >= 11 is 0. The average molecular weight is 335 g/mol. The number of nitrogens with zero attached hydrogens (tertiary/aromatic N) is 1. The summed E-state index contributed by atoms with van der Waals surface area (Å²) in [6.45, 7) is 5.98. The quantitative estimate of drug-likeness (QED) is 0.548. The van der Waals surface area contributed by atoms with Crippen LogP contribution in [0.15, 0.2) is 39.2 Å². The van der Waals surface area contributed by atoms with Crippen LogP contribution in [0.3, 0.4) is 0 Å². The molecule has 1 aromatic rings. The number of carbonyl (C=O) groups excluding carboxylic acids is 1. The molecule has 0 radical (unpaired) electrons. The molecule has 0 saturated heterocycles. The van der Waals surface area contributed by atoms with Gasteiger partial charge in [0.1, 0.15) is 0 Å². The van der Waals surface area contributed by atoms with E-state index < -0.39 is 15.7 Å². The van der Waals surface area contributed by atoms with Crippen molar-refractivity contribution in [2.24, 2.45) is 4.36 Å². The van der Waals surface area contributed by atoms with E-state index in [-0.39, 0.29) is 0 Å². The lowest BCUT2D eigenvalue weighted by atomic mass is 10.0. The first-order valence-corrected chi connectivity index (χ1v) is 9.94. The first-order valence-electron chi connectivity index (χ1n) is 8.25. The third-order valence-electron chi connectivity index (χ3n) is 3.90. The van der Waals surface area contributed by atoms with Crippen LogP contribution in [0.1, 0.15) is 52.0 Å². The maximum Gasteiger partial charge on any atom is 0.340 e. The summed E-state index contributed by atoms with van der Waals surface area (Å²) in [5.74, 6) is 0.144. The molecule has 0 fully saturated rings. The third-order valence-corrected chi connectivity index (χ3v) is 6.35. The number of rotatable bonds is 7. The normalized spacial score (nSPS) is 20.0. The molecule has 1 atom stereocenters. The lowest BCUT2D eigenvalue weighted by Gasteiger charge is -2.21. The molecule has 1 aromatic carbocycles. The molecule has 0 spiro atoms. The monoisotopic (exact) mass is 335 g/mol. The van der Waals surface area contributed by atoms with E-state index >= 15 is 0 Å². The zero-order chi connectivity index (χ0) is 16.9. The van der Waals surface area contributed by atoms with Crippen molar-refractivity contribution in [2.75, 3.05) is 12.4 Å². The second-order valence-electron chi connectivity index (χ2n) is 5.67. The van der Waals surface area contributed by atoms with Crippen molar-refractivity contribution in [1.82, 2.24) is 0 Å². The van der Waals surface area contributed by atoms with Gasteiger partial charge in [-0.25, -0.2) is 9.00 Å². The molecule has 1 heterocycles. The number of esters is 1. The molecule has 4 nitrogen and oxygen atoms in total. The Labute approximate surface area is 139 Å². The molecular formula is C18H25NO3S. The number of hydrogen-bond donors (Lipinski definition) is 0. The fraction of sp³-hybridized carbons (Fsp3) is 0.500. The Morgan fingerprint density at radius 2 is 1.91 bits per heavy atom. The molecule has 126 valence electrons. The van der Waals surface area contributed by atoms with Crippen molar-refractivity contribution in [2.45, 2.75) is 51.3 Å². The summed E-state index contributed by atoms with van der Waals surface area (Å²) in [5, 5.41) is 0. The van der Waals surface area contributed by atoms with Crippen molar-refractivity contribution >= 4 is 21.3 Å². The Hall–Kier alpha value is -1.62. The fourth-order valence-corrected chi connectivity index (χ4v) is 5.15. The molecule has 1 aliphatic rings. The predicted molar refractivity (Wildman–Crippen MR) is 93.5 cm³/mol. The summed E-state index contributed by atoms with van der Waals surface area (Å²) in [5.41, 5.74) is 1.66. The second-order valence-corrected chi connectivity index (χ2v) is 7.99.